The number of aliphatic hydroxyl groups is 1. The molecule has 0 spiro atoms. The second-order valence-electron chi connectivity index (χ2n) is 9.98. The molecule has 2 aromatic carbocycles. The van der Waals surface area contributed by atoms with Crippen molar-refractivity contribution in [3.8, 4) is 23.1 Å². The highest BCUT2D eigenvalue weighted by Crippen LogP contribution is 2.55. The van der Waals surface area contributed by atoms with Gasteiger partial charge in [0.15, 0.2) is 5.54 Å². The fourth-order valence-corrected chi connectivity index (χ4v) is 7.42. The predicted molar refractivity (Wildman–Crippen MR) is 148 cm³/mol. The number of anilines is 1. The number of aromatic nitrogens is 1. The van der Waals surface area contributed by atoms with Gasteiger partial charge in [0, 0.05) is 36.4 Å². The van der Waals surface area contributed by atoms with Gasteiger partial charge in [-0.05, 0) is 42.5 Å². The van der Waals surface area contributed by atoms with Crippen molar-refractivity contribution in [3.05, 3.63) is 65.9 Å². The van der Waals surface area contributed by atoms with Gasteiger partial charge >= 0.3 is 12.3 Å². The maximum atomic E-state index is 15.0. The van der Waals surface area contributed by atoms with Crippen molar-refractivity contribution in [2.75, 3.05) is 32.2 Å². The topological polar surface area (TPSA) is 165 Å². The molecule has 0 radical (unpaired) electrons. The summed E-state index contributed by atoms with van der Waals surface area (Å²) in [6, 6.07) is 7.28. The number of ether oxygens (including phenoxy) is 4. The van der Waals surface area contributed by atoms with Crippen molar-refractivity contribution in [1.29, 1.82) is 0 Å². The molecule has 1 saturated heterocycles. The number of carboxylic acids is 1. The summed E-state index contributed by atoms with van der Waals surface area (Å²) in [6.45, 7) is -0.496. The Kier molecular flexibility index (Phi) is 8.05. The molecule has 2 aliphatic rings. The average Bonchev–Trinajstić information content (AvgIpc) is 3.51. The standard InChI is InChI=1S/C28H26F3N3O10S/c1-41-16-7-9-23(22(13-16)42-2)45(39,40)34-20-8-6-17(44-28(29,30)31)12-19(20)27(26(34)38,18-5-4-10-32-24(18)43-3)33-14-15(35)11-21(33)25(36)37/h4-10,12-13,15,21,35H,11,14H2,1-3H3,(H,36,37)/t15-,21+,27?/m1/s1. The Bertz CT molecular complexity index is 1770. The monoisotopic (exact) mass is 653 g/mol. The molecule has 45 heavy (non-hydrogen) atoms. The van der Waals surface area contributed by atoms with E-state index in [9.17, 15) is 41.4 Å². The van der Waals surface area contributed by atoms with E-state index in [4.69, 9.17) is 14.2 Å². The lowest BCUT2D eigenvalue weighted by Gasteiger charge is -2.40. The molecule has 1 amide bonds. The number of hydrogen-bond acceptors (Lipinski definition) is 11. The van der Waals surface area contributed by atoms with E-state index < -0.39 is 74.4 Å². The summed E-state index contributed by atoms with van der Waals surface area (Å²) in [5, 5.41) is 20.8. The number of hydrogen-bond donors (Lipinski definition) is 2. The number of halogens is 3. The van der Waals surface area contributed by atoms with Crippen molar-refractivity contribution in [2.24, 2.45) is 0 Å². The number of carbonyl (C=O) groups excluding carboxylic acids is 1. The lowest BCUT2D eigenvalue weighted by Crippen LogP contribution is -2.58. The van der Waals surface area contributed by atoms with Gasteiger partial charge in [-0.1, -0.05) is 0 Å². The van der Waals surface area contributed by atoms with Crippen LogP contribution in [-0.4, -0.2) is 86.8 Å². The van der Waals surface area contributed by atoms with Gasteiger partial charge in [-0.25, -0.2) is 17.7 Å². The molecule has 13 nitrogen and oxygen atoms in total. The fourth-order valence-electron chi connectivity index (χ4n) is 5.82. The summed E-state index contributed by atoms with van der Waals surface area (Å²) >= 11 is 0. The Morgan fingerprint density at radius 3 is 2.36 bits per heavy atom. The van der Waals surface area contributed by atoms with Crippen LogP contribution in [0, 0.1) is 0 Å². The Morgan fingerprint density at radius 1 is 1.02 bits per heavy atom. The quantitative estimate of drug-likeness (QED) is 0.347. The van der Waals surface area contributed by atoms with Crippen molar-refractivity contribution >= 4 is 27.6 Å². The summed E-state index contributed by atoms with van der Waals surface area (Å²) in [7, 11) is -1.25. The molecule has 2 aliphatic heterocycles. The number of aliphatic carboxylic acids is 1. The van der Waals surface area contributed by atoms with Crippen LogP contribution < -0.4 is 23.3 Å². The Balaban J connectivity index is 1.89. The normalized spacial score (nSPS) is 21.8. The minimum atomic E-state index is -5.18. The first-order valence-electron chi connectivity index (χ1n) is 13.1. The number of fused-ring (bicyclic) bond motifs is 1. The molecule has 17 heteroatoms. The van der Waals surface area contributed by atoms with E-state index in [0.29, 0.717) is 4.31 Å². The van der Waals surface area contributed by atoms with Gasteiger partial charge in [0.1, 0.15) is 28.2 Å². The molecule has 2 N–H and O–H groups in total. The number of likely N-dealkylation sites (tertiary alicyclic amines) is 1. The highest BCUT2D eigenvalue weighted by molar-refractivity contribution is 7.93. The number of amides is 1. The van der Waals surface area contributed by atoms with Gasteiger partial charge in [0.05, 0.1) is 33.1 Å². The van der Waals surface area contributed by atoms with Crippen LogP contribution >= 0.6 is 0 Å². The average molecular weight is 654 g/mol. The maximum absolute atomic E-state index is 15.0. The van der Waals surface area contributed by atoms with Gasteiger partial charge in [-0.3, -0.25) is 14.5 Å². The summed E-state index contributed by atoms with van der Waals surface area (Å²) in [6.07, 6.45) is -5.60. The van der Waals surface area contributed by atoms with E-state index in [2.05, 4.69) is 9.72 Å². The first-order chi connectivity index (χ1) is 21.2. The second-order valence-corrected chi connectivity index (χ2v) is 11.7. The van der Waals surface area contributed by atoms with Gasteiger partial charge in [0.2, 0.25) is 5.88 Å². The van der Waals surface area contributed by atoms with Crippen LogP contribution in [0.3, 0.4) is 0 Å². The number of rotatable bonds is 9. The molecule has 240 valence electrons. The second kappa shape index (κ2) is 11.4. The van der Waals surface area contributed by atoms with Crippen LogP contribution in [0.5, 0.6) is 23.1 Å². The minimum Gasteiger partial charge on any atom is -0.497 e. The maximum Gasteiger partial charge on any atom is 0.573 e. The third-order valence-corrected chi connectivity index (χ3v) is 9.28. The fraction of sp³-hybridized carbons (Fsp3) is 0.321. The van der Waals surface area contributed by atoms with E-state index in [0.717, 1.165) is 29.2 Å². The molecule has 0 aliphatic carbocycles. The van der Waals surface area contributed by atoms with Crippen LogP contribution in [0.2, 0.25) is 0 Å². The van der Waals surface area contributed by atoms with E-state index in [1.54, 1.807) is 0 Å². The molecule has 3 heterocycles. The number of sulfonamides is 1. The number of aliphatic hydroxyl groups excluding tert-OH is 1. The van der Waals surface area contributed by atoms with E-state index in [1.165, 1.54) is 51.8 Å². The Labute approximate surface area is 254 Å². The number of methoxy groups -OCH3 is 3. The molecule has 0 bridgehead atoms. The van der Waals surface area contributed by atoms with E-state index >= 15 is 0 Å². The SMILES string of the molecule is COc1ccc(S(=O)(=O)N2C(=O)C(c3cccnc3OC)(N3C[C@H](O)C[C@H]3C(=O)O)c3cc(OC(F)(F)F)ccc32)c(OC)c1. The third kappa shape index (κ3) is 5.15. The number of carboxylic acid groups (broad SMARTS) is 1. The largest absolute Gasteiger partial charge is 0.573 e. The number of alkyl halides is 3. The third-order valence-electron chi connectivity index (χ3n) is 7.54. The molecular formula is C28H26F3N3O10S. The number of benzene rings is 2. The first kappa shape index (κ1) is 31.8. The van der Waals surface area contributed by atoms with Crippen molar-refractivity contribution in [3.63, 3.8) is 0 Å². The first-order valence-corrected chi connectivity index (χ1v) is 14.5. The Morgan fingerprint density at radius 2 is 1.73 bits per heavy atom. The molecular weight excluding hydrogens is 627 g/mol. The molecule has 3 atom stereocenters. The number of β-amino-alcohol motifs (C(OH)–C–C–N with tert-alkyl or cyclic N) is 1. The van der Waals surface area contributed by atoms with Crippen molar-refractivity contribution in [1.82, 2.24) is 9.88 Å². The minimum absolute atomic E-state index is 0.192. The van der Waals surface area contributed by atoms with Gasteiger partial charge < -0.3 is 29.2 Å². The molecule has 0 saturated carbocycles. The van der Waals surface area contributed by atoms with E-state index in [-0.39, 0.29) is 29.4 Å². The van der Waals surface area contributed by atoms with Crippen molar-refractivity contribution < 1.29 is 60.3 Å². The van der Waals surface area contributed by atoms with Crippen LogP contribution in [-0.2, 0) is 25.2 Å². The van der Waals surface area contributed by atoms with Crippen LogP contribution in [0.1, 0.15) is 17.5 Å². The van der Waals surface area contributed by atoms with E-state index in [1.807, 2.05) is 0 Å². The van der Waals surface area contributed by atoms with Crippen LogP contribution in [0.15, 0.2) is 59.6 Å². The van der Waals surface area contributed by atoms with Gasteiger partial charge in [-0.15, -0.1) is 13.2 Å². The highest BCUT2D eigenvalue weighted by Gasteiger charge is 2.64. The van der Waals surface area contributed by atoms with Crippen molar-refractivity contribution in [2.45, 2.75) is 35.4 Å². The zero-order valence-electron chi connectivity index (χ0n) is 23.8. The highest BCUT2D eigenvalue weighted by atomic mass is 32.2. The molecule has 5 rings (SSSR count). The summed E-state index contributed by atoms with van der Waals surface area (Å²) < 4.78 is 89.3. The predicted octanol–water partition coefficient (Wildman–Crippen LogP) is 2.50. The summed E-state index contributed by atoms with van der Waals surface area (Å²) in [4.78, 5) is 32.1. The van der Waals surface area contributed by atoms with Crippen LogP contribution in [0.25, 0.3) is 0 Å². The zero-order valence-corrected chi connectivity index (χ0v) is 24.6. The number of pyridine rings is 1. The smallest absolute Gasteiger partial charge is 0.497 e. The number of nitrogens with zero attached hydrogens (tertiary/aromatic N) is 3. The molecule has 1 aromatic heterocycles. The zero-order chi connectivity index (χ0) is 32.9. The molecule has 1 unspecified atom stereocenters. The molecule has 1 fully saturated rings. The lowest BCUT2D eigenvalue weighted by atomic mass is 9.81. The molecule has 3 aromatic rings. The lowest BCUT2D eigenvalue weighted by molar-refractivity contribution is -0.274. The summed E-state index contributed by atoms with van der Waals surface area (Å²) in [5.41, 5.74) is -3.50. The van der Waals surface area contributed by atoms with Gasteiger partial charge in [0.25, 0.3) is 15.9 Å². The van der Waals surface area contributed by atoms with Gasteiger partial charge in [-0.2, -0.15) is 0 Å². The number of carbonyl (C=O) groups is 2. The summed E-state index contributed by atoms with van der Waals surface area (Å²) in [5.74, 6) is -3.87. The van der Waals surface area contributed by atoms with Crippen LogP contribution in [0.4, 0.5) is 18.9 Å². The Hall–Kier alpha value is -4.61.